The smallest absolute Gasteiger partial charge is 0.329 e. The Morgan fingerprint density at radius 3 is 2.22 bits per heavy atom. The van der Waals surface area contributed by atoms with Gasteiger partial charge in [0.1, 0.15) is 11.2 Å². The number of rotatable bonds is 4. The van der Waals surface area contributed by atoms with E-state index >= 15 is 0 Å². The second kappa shape index (κ2) is 6.18. The van der Waals surface area contributed by atoms with Crippen LogP contribution < -0.4 is 5.32 Å². The van der Waals surface area contributed by atoms with Crippen LogP contribution in [0.5, 0.6) is 0 Å². The first-order chi connectivity index (χ1) is 10.7. The number of nitrogens with one attached hydrogen (secondary N) is 2. The Morgan fingerprint density at radius 1 is 1.22 bits per heavy atom. The molecule has 0 unspecified atom stereocenters. The maximum absolute atomic E-state index is 12.6. The van der Waals surface area contributed by atoms with Gasteiger partial charge in [0.05, 0.1) is 0 Å². The second-order valence-corrected chi connectivity index (χ2v) is 6.71. The first kappa shape index (κ1) is 17.2. The lowest BCUT2D eigenvalue weighted by atomic mass is 9.77. The molecule has 6 nitrogen and oxygen atoms in total. The monoisotopic (exact) mass is 320 g/mol. The van der Waals surface area contributed by atoms with Gasteiger partial charge in [-0.15, -0.1) is 0 Å². The lowest BCUT2D eigenvalue weighted by Crippen LogP contribution is -2.56. The van der Waals surface area contributed by atoms with Crippen LogP contribution in [0.2, 0.25) is 0 Å². The van der Waals surface area contributed by atoms with Crippen molar-refractivity contribution in [3.63, 3.8) is 0 Å². The summed E-state index contributed by atoms with van der Waals surface area (Å²) in [6.07, 6.45) is 2.39. The number of carbonyl (C=O) groups excluding carboxylic acids is 2. The summed E-state index contributed by atoms with van der Waals surface area (Å²) >= 11 is 0. The van der Waals surface area contributed by atoms with Crippen LogP contribution in [0.25, 0.3) is 0 Å². The van der Waals surface area contributed by atoms with E-state index in [0.29, 0.717) is 35.6 Å². The van der Waals surface area contributed by atoms with Crippen LogP contribution in [0.15, 0.2) is 0 Å². The van der Waals surface area contributed by atoms with Gasteiger partial charge in [0, 0.05) is 11.3 Å². The minimum atomic E-state index is -1.22. The summed E-state index contributed by atoms with van der Waals surface area (Å²) in [7, 11) is 0. The molecule has 1 aromatic heterocycles. The largest absolute Gasteiger partial charge is 0.480 e. The molecule has 0 spiro atoms. The standard InChI is InChI=1S/C17H24N2O4/c1-9-5-7-17(8-6-9,16(22)23)19-15(21)14-10(2)13(12(4)20)11(3)18-14/h9,18H,5-8H2,1-4H3,(H,19,21)(H,22,23). The molecule has 0 aliphatic heterocycles. The van der Waals surface area contributed by atoms with E-state index in [1.54, 1.807) is 13.8 Å². The van der Waals surface area contributed by atoms with E-state index in [1.165, 1.54) is 6.92 Å². The summed E-state index contributed by atoms with van der Waals surface area (Å²) in [5.41, 5.74) is 0.744. The van der Waals surface area contributed by atoms with E-state index in [0.717, 1.165) is 12.8 Å². The van der Waals surface area contributed by atoms with Gasteiger partial charge in [-0.3, -0.25) is 9.59 Å². The van der Waals surface area contributed by atoms with E-state index < -0.39 is 17.4 Å². The normalized spacial score (nSPS) is 24.3. The molecule has 1 fully saturated rings. The molecule has 1 heterocycles. The highest BCUT2D eigenvalue weighted by molar-refractivity contribution is 6.03. The van der Waals surface area contributed by atoms with Crippen LogP contribution in [-0.4, -0.2) is 33.3 Å². The number of ketones is 1. The zero-order chi connectivity index (χ0) is 17.4. The Hall–Kier alpha value is -2.11. The SMILES string of the molecule is CC(=O)c1c(C)[nH]c(C(=O)NC2(C(=O)O)CCC(C)CC2)c1C. The molecule has 0 aromatic carbocycles. The zero-order valence-electron chi connectivity index (χ0n) is 14.1. The summed E-state index contributed by atoms with van der Waals surface area (Å²) in [4.78, 5) is 38.9. The van der Waals surface area contributed by atoms with Crippen LogP contribution in [-0.2, 0) is 4.79 Å². The number of amides is 1. The maximum Gasteiger partial charge on any atom is 0.329 e. The molecule has 1 saturated carbocycles. The molecular formula is C17H24N2O4. The van der Waals surface area contributed by atoms with Crippen LogP contribution in [0, 0.1) is 19.8 Å². The minimum Gasteiger partial charge on any atom is -0.480 e. The van der Waals surface area contributed by atoms with Gasteiger partial charge in [0.2, 0.25) is 0 Å². The van der Waals surface area contributed by atoms with Gasteiger partial charge < -0.3 is 15.4 Å². The molecular weight excluding hydrogens is 296 g/mol. The van der Waals surface area contributed by atoms with Crippen molar-refractivity contribution in [1.82, 2.24) is 10.3 Å². The Bertz CT molecular complexity index is 652. The number of carboxylic acid groups (broad SMARTS) is 1. The number of carboxylic acids is 1. The van der Waals surface area contributed by atoms with Crippen LogP contribution in [0.1, 0.15) is 71.6 Å². The van der Waals surface area contributed by atoms with Crippen molar-refractivity contribution < 1.29 is 19.5 Å². The molecule has 23 heavy (non-hydrogen) atoms. The predicted molar refractivity (Wildman–Crippen MR) is 85.7 cm³/mol. The molecule has 0 atom stereocenters. The molecule has 3 N–H and O–H groups in total. The van der Waals surface area contributed by atoms with Gasteiger partial charge in [-0.05, 0) is 57.9 Å². The van der Waals surface area contributed by atoms with Crippen LogP contribution in [0.3, 0.4) is 0 Å². The number of aromatic amines is 1. The summed E-state index contributed by atoms with van der Waals surface area (Å²) < 4.78 is 0. The Balaban J connectivity index is 2.29. The molecule has 1 aromatic rings. The van der Waals surface area contributed by atoms with Crippen molar-refractivity contribution in [1.29, 1.82) is 0 Å². The molecule has 6 heteroatoms. The van der Waals surface area contributed by atoms with Crippen LogP contribution >= 0.6 is 0 Å². The number of Topliss-reactive ketones (excluding diaryl/α,β-unsaturated/α-hetero) is 1. The van der Waals surface area contributed by atoms with Gasteiger partial charge in [0.25, 0.3) is 5.91 Å². The summed E-state index contributed by atoms with van der Waals surface area (Å²) in [6.45, 7) is 6.97. The first-order valence-corrected chi connectivity index (χ1v) is 7.94. The Labute approximate surface area is 135 Å². The fourth-order valence-corrected chi connectivity index (χ4v) is 3.43. The quantitative estimate of drug-likeness (QED) is 0.742. The third-order valence-corrected chi connectivity index (χ3v) is 4.91. The van der Waals surface area contributed by atoms with Gasteiger partial charge in [-0.2, -0.15) is 0 Å². The highest BCUT2D eigenvalue weighted by Crippen LogP contribution is 2.32. The van der Waals surface area contributed by atoms with Crippen molar-refractivity contribution in [3.05, 3.63) is 22.5 Å². The van der Waals surface area contributed by atoms with E-state index in [9.17, 15) is 19.5 Å². The number of aryl methyl sites for hydroxylation is 1. The summed E-state index contributed by atoms with van der Waals surface area (Å²) in [5.74, 6) is -1.10. The van der Waals surface area contributed by atoms with E-state index in [1.807, 2.05) is 0 Å². The minimum absolute atomic E-state index is 0.116. The zero-order valence-corrected chi connectivity index (χ0v) is 14.1. The van der Waals surface area contributed by atoms with Crippen molar-refractivity contribution in [2.75, 3.05) is 0 Å². The van der Waals surface area contributed by atoms with E-state index in [2.05, 4.69) is 17.2 Å². The number of hydrogen-bond donors (Lipinski definition) is 3. The van der Waals surface area contributed by atoms with Gasteiger partial charge >= 0.3 is 5.97 Å². The fraction of sp³-hybridized carbons (Fsp3) is 0.588. The number of carbonyl (C=O) groups is 3. The van der Waals surface area contributed by atoms with Gasteiger partial charge in [-0.25, -0.2) is 4.79 Å². The topological polar surface area (TPSA) is 99.3 Å². The molecule has 126 valence electrons. The van der Waals surface area contributed by atoms with Crippen molar-refractivity contribution in [2.24, 2.45) is 5.92 Å². The van der Waals surface area contributed by atoms with E-state index in [-0.39, 0.29) is 11.5 Å². The van der Waals surface area contributed by atoms with Gasteiger partial charge in [-0.1, -0.05) is 6.92 Å². The molecule has 0 saturated heterocycles. The number of aromatic nitrogens is 1. The Kier molecular flexibility index (Phi) is 4.63. The average Bonchev–Trinajstić information content (AvgIpc) is 2.76. The highest BCUT2D eigenvalue weighted by atomic mass is 16.4. The van der Waals surface area contributed by atoms with Gasteiger partial charge in [0.15, 0.2) is 5.78 Å². The predicted octanol–water partition coefficient (Wildman–Crippen LogP) is 2.60. The summed E-state index contributed by atoms with van der Waals surface area (Å²) in [6, 6.07) is 0. The van der Waals surface area contributed by atoms with Crippen molar-refractivity contribution in [3.8, 4) is 0 Å². The Morgan fingerprint density at radius 2 is 1.78 bits per heavy atom. The average molecular weight is 320 g/mol. The first-order valence-electron chi connectivity index (χ1n) is 7.94. The molecule has 2 rings (SSSR count). The van der Waals surface area contributed by atoms with Crippen molar-refractivity contribution in [2.45, 2.75) is 58.9 Å². The maximum atomic E-state index is 12.6. The molecule has 1 aliphatic carbocycles. The number of hydrogen-bond acceptors (Lipinski definition) is 3. The molecule has 1 amide bonds. The lowest BCUT2D eigenvalue weighted by molar-refractivity contribution is -0.146. The third kappa shape index (κ3) is 3.16. The van der Waals surface area contributed by atoms with Crippen molar-refractivity contribution >= 4 is 17.7 Å². The van der Waals surface area contributed by atoms with E-state index in [4.69, 9.17) is 0 Å². The van der Waals surface area contributed by atoms with Crippen LogP contribution in [0.4, 0.5) is 0 Å². The molecule has 0 bridgehead atoms. The molecule has 1 aliphatic rings. The number of aliphatic carboxylic acids is 1. The summed E-state index contributed by atoms with van der Waals surface area (Å²) in [5, 5.41) is 12.3. The lowest BCUT2D eigenvalue weighted by Gasteiger charge is -2.36. The highest BCUT2D eigenvalue weighted by Gasteiger charge is 2.43. The third-order valence-electron chi connectivity index (χ3n) is 4.91. The fourth-order valence-electron chi connectivity index (χ4n) is 3.43. The number of H-pyrrole nitrogens is 1. The molecule has 0 radical (unpaired) electrons. The second-order valence-electron chi connectivity index (χ2n) is 6.71.